The molecule has 0 fully saturated rings. The highest BCUT2D eigenvalue weighted by atomic mass is 19.4. The van der Waals surface area contributed by atoms with Crippen LogP contribution >= 0.6 is 0 Å². The second kappa shape index (κ2) is 12.1. The number of allylic oxidation sites excluding steroid dienone is 12. The SMILES string of the molecule is CC(C)(C)C1=C(C#N)C(C#N)=C(C(F)(F)C(F)(F)C(F)(F)F)/C1=C\C=C\C1C(C(C)(C)C)=C(C#N)C(C#N)=C1C(F)(F)C(F)(F)C(F)(F)F. The van der Waals surface area contributed by atoms with Crippen molar-refractivity contribution in [2.75, 3.05) is 0 Å². The summed E-state index contributed by atoms with van der Waals surface area (Å²) in [4.78, 5) is 0. The summed E-state index contributed by atoms with van der Waals surface area (Å²) in [6.45, 7) is 7.00. The first-order valence-corrected chi connectivity index (χ1v) is 13.4. The van der Waals surface area contributed by atoms with Crippen molar-refractivity contribution in [2.45, 2.75) is 77.6 Å². The lowest BCUT2D eigenvalue weighted by atomic mass is 9.75. The summed E-state index contributed by atoms with van der Waals surface area (Å²) < 4.78 is 198. The van der Waals surface area contributed by atoms with E-state index >= 15 is 17.6 Å². The van der Waals surface area contributed by atoms with Crippen LogP contribution in [0.4, 0.5) is 61.5 Å². The van der Waals surface area contributed by atoms with E-state index in [9.17, 15) is 65.0 Å². The Hall–Kier alpha value is -4.58. The van der Waals surface area contributed by atoms with Crippen LogP contribution in [0.15, 0.2) is 68.4 Å². The van der Waals surface area contributed by atoms with Crippen LogP contribution in [-0.2, 0) is 0 Å². The number of halogens is 14. The molecule has 4 nitrogen and oxygen atoms in total. The van der Waals surface area contributed by atoms with E-state index < -0.39 is 103 Å². The molecule has 0 saturated carbocycles. The quantitative estimate of drug-likeness (QED) is 0.256. The normalized spacial score (nSPS) is 20.0. The number of hydrogen-bond acceptors (Lipinski definition) is 4. The Morgan fingerprint density at radius 1 is 0.490 bits per heavy atom. The van der Waals surface area contributed by atoms with Gasteiger partial charge in [0.2, 0.25) is 0 Å². The van der Waals surface area contributed by atoms with Gasteiger partial charge in [-0.2, -0.15) is 82.5 Å². The molecule has 2 aliphatic rings. The number of nitriles is 4. The van der Waals surface area contributed by atoms with Crippen molar-refractivity contribution in [1.82, 2.24) is 0 Å². The molecule has 0 bridgehead atoms. The fourth-order valence-corrected chi connectivity index (χ4v) is 5.43. The van der Waals surface area contributed by atoms with Crippen LogP contribution in [0.5, 0.6) is 0 Å². The van der Waals surface area contributed by atoms with Gasteiger partial charge in [0.1, 0.15) is 24.3 Å². The predicted octanol–water partition coefficient (Wildman–Crippen LogP) is 10.2. The van der Waals surface area contributed by atoms with Gasteiger partial charge in [0.05, 0.1) is 27.9 Å². The summed E-state index contributed by atoms with van der Waals surface area (Å²) in [7, 11) is 0. The minimum Gasteiger partial charge on any atom is -0.194 e. The molecule has 49 heavy (non-hydrogen) atoms. The average molecular weight is 717 g/mol. The monoisotopic (exact) mass is 716 g/mol. The molecule has 0 radical (unpaired) electrons. The van der Waals surface area contributed by atoms with Crippen molar-refractivity contribution in [3.8, 4) is 24.3 Å². The van der Waals surface area contributed by atoms with E-state index in [1.807, 2.05) is 0 Å². The molecule has 0 saturated heterocycles. The van der Waals surface area contributed by atoms with Gasteiger partial charge in [-0.25, -0.2) is 0 Å². The van der Waals surface area contributed by atoms with Crippen molar-refractivity contribution in [2.24, 2.45) is 16.7 Å². The number of nitrogens with zero attached hydrogens (tertiary/aromatic N) is 4. The molecule has 264 valence electrons. The maximum Gasteiger partial charge on any atom is 0.460 e. The largest absolute Gasteiger partial charge is 0.460 e. The van der Waals surface area contributed by atoms with Crippen LogP contribution in [0.1, 0.15) is 41.5 Å². The van der Waals surface area contributed by atoms with Gasteiger partial charge >= 0.3 is 36.0 Å². The van der Waals surface area contributed by atoms with E-state index in [-0.39, 0.29) is 6.08 Å². The van der Waals surface area contributed by atoms with Gasteiger partial charge in [-0.3, -0.25) is 0 Å². The molecular weight excluding hydrogens is 694 g/mol. The van der Waals surface area contributed by atoms with Crippen LogP contribution in [-0.4, -0.2) is 36.0 Å². The molecule has 0 amide bonds. The lowest BCUT2D eigenvalue weighted by Gasteiger charge is -2.34. The second-order valence-electron chi connectivity index (χ2n) is 12.8. The van der Waals surface area contributed by atoms with Gasteiger partial charge < -0.3 is 0 Å². The van der Waals surface area contributed by atoms with Crippen LogP contribution < -0.4 is 0 Å². The third-order valence-corrected chi connectivity index (χ3v) is 7.42. The summed E-state index contributed by atoms with van der Waals surface area (Å²) in [6, 6.07) is 4.60. The van der Waals surface area contributed by atoms with Crippen LogP contribution in [0.3, 0.4) is 0 Å². The summed E-state index contributed by atoms with van der Waals surface area (Å²) in [5.41, 5.74) is -15.8. The minimum atomic E-state index is -6.94. The standard InChI is InChI=1S/C31H22F14N4/c1-24(2,3)20-14(22(18(12-48)16(20)10-46)26(32,33)28(36,37)30(40,41)42)8-7-9-15-21(25(4,5)6)17(11-47)19(13-49)23(15)27(34,35)29(38,39)31(43,44)45/h7-9,14H,1-6H3/b8-7+,15-9-. The van der Waals surface area contributed by atoms with Gasteiger partial charge in [0.25, 0.3) is 0 Å². The molecule has 0 aromatic heterocycles. The van der Waals surface area contributed by atoms with Crippen LogP contribution in [0.25, 0.3) is 0 Å². The van der Waals surface area contributed by atoms with E-state index in [0.29, 0.717) is 12.2 Å². The smallest absolute Gasteiger partial charge is 0.194 e. The minimum absolute atomic E-state index is 0.256. The summed E-state index contributed by atoms with van der Waals surface area (Å²) in [5.74, 6) is -28.8. The molecule has 0 N–H and O–H groups in total. The first-order chi connectivity index (χ1) is 21.8. The highest BCUT2D eigenvalue weighted by Crippen LogP contribution is 2.60. The molecule has 2 rings (SSSR count). The fraction of sp³-hybridized carbons (Fsp3) is 0.484. The molecule has 0 aromatic rings. The molecule has 1 atom stereocenters. The van der Waals surface area contributed by atoms with Gasteiger partial charge in [0.15, 0.2) is 0 Å². The van der Waals surface area contributed by atoms with Crippen LogP contribution in [0.2, 0.25) is 0 Å². The Morgan fingerprint density at radius 2 is 0.857 bits per heavy atom. The van der Waals surface area contributed by atoms with Crippen LogP contribution in [0, 0.1) is 62.1 Å². The van der Waals surface area contributed by atoms with Gasteiger partial charge in [-0.05, 0) is 27.5 Å². The van der Waals surface area contributed by atoms with Crippen molar-refractivity contribution in [3.63, 3.8) is 0 Å². The summed E-state index contributed by atoms with van der Waals surface area (Å²) in [5, 5.41) is 38.4. The lowest BCUT2D eigenvalue weighted by Crippen LogP contribution is -2.54. The van der Waals surface area contributed by atoms with E-state index in [0.717, 1.165) is 32.9 Å². The average Bonchev–Trinajstić information content (AvgIpc) is 3.44. The van der Waals surface area contributed by atoms with E-state index in [4.69, 9.17) is 0 Å². The Labute approximate surface area is 269 Å². The van der Waals surface area contributed by atoms with E-state index in [1.165, 1.54) is 32.9 Å². The molecule has 2 aliphatic carbocycles. The molecule has 0 heterocycles. The Kier molecular flexibility index (Phi) is 10.0. The third-order valence-electron chi connectivity index (χ3n) is 7.42. The Bertz CT molecular complexity index is 1790. The van der Waals surface area contributed by atoms with Crippen molar-refractivity contribution in [3.05, 3.63) is 68.4 Å². The molecule has 0 spiro atoms. The highest BCUT2D eigenvalue weighted by molar-refractivity contribution is 5.76. The maximum absolute atomic E-state index is 15.3. The zero-order valence-corrected chi connectivity index (χ0v) is 25.9. The maximum atomic E-state index is 15.3. The number of alkyl halides is 14. The topological polar surface area (TPSA) is 95.2 Å². The van der Waals surface area contributed by atoms with Gasteiger partial charge in [0, 0.05) is 11.5 Å². The Balaban J connectivity index is 3.15. The third kappa shape index (κ3) is 6.22. The second-order valence-corrected chi connectivity index (χ2v) is 12.8. The van der Waals surface area contributed by atoms with Crippen molar-refractivity contribution in [1.29, 1.82) is 21.0 Å². The van der Waals surface area contributed by atoms with Gasteiger partial charge in [-0.15, -0.1) is 0 Å². The van der Waals surface area contributed by atoms with E-state index in [1.54, 1.807) is 0 Å². The molecular formula is C31H22F14N4. The molecule has 18 heteroatoms. The predicted molar refractivity (Wildman–Crippen MR) is 142 cm³/mol. The summed E-state index contributed by atoms with van der Waals surface area (Å²) >= 11 is 0. The molecule has 1 unspecified atom stereocenters. The first-order valence-electron chi connectivity index (χ1n) is 13.4. The fourth-order valence-electron chi connectivity index (χ4n) is 5.43. The molecule has 0 aliphatic heterocycles. The highest BCUT2D eigenvalue weighted by Gasteiger charge is 2.77. The zero-order chi connectivity index (χ0) is 38.7. The number of hydrogen-bond donors (Lipinski definition) is 0. The lowest BCUT2D eigenvalue weighted by molar-refractivity contribution is -0.345. The zero-order valence-electron chi connectivity index (χ0n) is 25.9. The van der Waals surface area contributed by atoms with Crippen molar-refractivity contribution < 1.29 is 61.5 Å². The van der Waals surface area contributed by atoms with E-state index in [2.05, 4.69) is 0 Å². The van der Waals surface area contributed by atoms with Gasteiger partial charge in [-0.1, -0.05) is 59.8 Å². The first kappa shape index (κ1) is 40.6. The Morgan fingerprint density at radius 3 is 1.20 bits per heavy atom. The summed E-state index contributed by atoms with van der Waals surface area (Å²) in [6.07, 6.45) is -12.9. The molecule has 0 aromatic carbocycles. The number of rotatable bonds is 6. The van der Waals surface area contributed by atoms with Crippen molar-refractivity contribution >= 4 is 0 Å².